The number of amides is 1. The van der Waals surface area contributed by atoms with Gasteiger partial charge in [-0.05, 0) is 56.4 Å². The van der Waals surface area contributed by atoms with E-state index in [0.717, 1.165) is 89.6 Å². The van der Waals surface area contributed by atoms with Crippen LogP contribution in [0.25, 0.3) is 22.0 Å². The van der Waals surface area contributed by atoms with E-state index >= 15 is 0 Å². The Morgan fingerprint density at radius 3 is 2.79 bits per heavy atom. The standard InChI is InChI=1S/C28H31ClN8O/c1-5-23(38)36-14-28(15-36)9-19(10-28)37-17(3)24(25-20-12-30-32-21(20)8-16(2)26(25)29)27(33-37)35-7-6-18-11-31-34(4)22(18)13-35/h5,8,11-12,19H,1,6-7,9-10,13-15H2,2-4H3,(H,30,32). The van der Waals surface area contributed by atoms with Crippen LogP contribution in [0, 0.1) is 19.3 Å². The van der Waals surface area contributed by atoms with Crippen molar-refractivity contribution in [3.8, 4) is 11.1 Å². The van der Waals surface area contributed by atoms with Crippen LogP contribution >= 0.6 is 11.6 Å². The third-order valence-corrected chi connectivity index (χ3v) is 9.39. The molecule has 0 bridgehead atoms. The second-order valence-electron chi connectivity index (χ2n) is 11.3. The molecule has 0 radical (unpaired) electrons. The molecule has 1 aliphatic carbocycles. The molecule has 4 aromatic rings. The number of likely N-dealkylation sites (tertiary alicyclic amines) is 1. The van der Waals surface area contributed by atoms with Crippen LogP contribution in [0.2, 0.25) is 5.02 Å². The van der Waals surface area contributed by atoms with Crippen molar-refractivity contribution in [1.29, 1.82) is 0 Å². The van der Waals surface area contributed by atoms with Gasteiger partial charge in [0.15, 0.2) is 5.82 Å². The molecule has 3 aromatic heterocycles. The summed E-state index contributed by atoms with van der Waals surface area (Å²) in [6.45, 7) is 11.1. The van der Waals surface area contributed by atoms with Gasteiger partial charge in [0, 0.05) is 54.3 Å². The number of carbonyl (C=O) groups excluding carboxylic acids is 1. The van der Waals surface area contributed by atoms with Crippen molar-refractivity contribution in [3.05, 3.63) is 58.7 Å². The number of H-pyrrole nitrogens is 1. The molecule has 7 rings (SSSR count). The van der Waals surface area contributed by atoms with Gasteiger partial charge < -0.3 is 9.80 Å². The van der Waals surface area contributed by atoms with Gasteiger partial charge in [-0.15, -0.1) is 0 Å². The molecule has 0 unspecified atom stereocenters. The van der Waals surface area contributed by atoms with E-state index in [-0.39, 0.29) is 11.3 Å². The lowest BCUT2D eigenvalue weighted by Gasteiger charge is -2.58. The van der Waals surface area contributed by atoms with Gasteiger partial charge in [-0.1, -0.05) is 18.2 Å². The number of nitrogens with one attached hydrogen (secondary N) is 1. The minimum Gasteiger partial charge on any atom is -0.348 e. The summed E-state index contributed by atoms with van der Waals surface area (Å²) < 4.78 is 4.19. The van der Waals surface area contributed by atoms with Crippen molar-refractivity contribution in [2.24, 2.45) is 12.5 Å². The fraction of sp³-hybridized carbons (Fsp3) is 0.429. The summed E-state index contributed by atoms with van der Waals surface area (Å²) in [6.07, 6.45) is 8.22. The lowest BCUT2D eigenvalue weighted by atomic mass is 9.60. The Hall–Kier alpha value is -3.59. The number of aromatic amines is 1. The third-order valence-electron chi connectivity index (χ3n) is 8.91. The Morgan fingerprint density at radius 2 is 2.03 bits per heavy atom. The van der Waals surface area contributed by atoms with Gasteiger partial charge in [-0.3, -0.25) is 19.3 Å². The molecule has 2 aliphatic heterocycles. The first kappa shape index (κ1) is 23.5. The summed E-state index contributed by atoms with van der Waals surface area (Å²) in [5.74, 6) is 0.985. The van der Waals surface area contributed by atoms with Crippen LogP contribution in [0.3, 0.4) is 0 Å². The lowest BCUT2D eigenvalue weighted by Crippen LogP contribution is -2.63. The first-order valence-electron chi connectivity index (χ1n) is 13.2. The zero-order valence-electron chi connectivity index (χ0n) is 22.0. The summed E-state index contributed by atoms with van der Waals surface area (Å²) in [5.41, 5.74) is 7.89. The molecule has 3 aliphatic rings. The Bertz CT molecular complexity index is 1610. The van der Waals surface area contributed by atoms with Gasteiger partial charge in [0.2, 0.25) is 5.91 Å². The average Bonchev–Trinajstić information content (AvgIpc) is 3.56. The van der Waals surface area contributed by atoms with Gasteiger partial charge in [-0.25, -0.2) is 0 Å². The van der Waals surface area contributed by atoms with Crippen LogP contribution in [0.4, 0.5) is 5.82 Å². The van der Waals surface area contributed by atoms with E-state index in [9.17, 15) is 4.79 Å². The number of benzene rings is 1. The van der Waals surface area contributed by atoms with Crippen molar-refractivity contribution < 1.29 is 4.79 Å². The minimum absolute atomic E-state index is 0.0248. The number of hydrogen-bond donors (Lipinski definition) is 1. The number of rotatable bonds is 4. The maximum Gasteiger partial charge on any atom is 0.245 e. The molecule has 1 N–H and O–H groups in total. The molecular formula is C28H31ClN8O. The third kappa shape index (κ3) is 3.30. The molecule has 1 saturated heterocycles. The number of nitrogens with zero attached hydrogens (tertiary/aromatic N) is 7. The number of hydrogen-bond acceptors (Lipinski definition) is 5. The van der Waals surface area contributed by atoms with E-state index < -0.39 is 0 Å². The first-order valence-corrected chi connectivity index (χ1v) is 13.5. The topological polar surface area (TPSA) is 87.9 Å². The maximum absolute atomic E-state index is 12.0. The van der Waals surface area contributed by atoms with Crippen molar-refractivity contribution in [2.45, 2.75) is 45.7 Å². The van der Waals surface area contributed by atoms with Crippen LogP contribution in [0.5, 0.6) is 0 Å². The number of fused-ring (bicyclic) bond motifs is 2. The summed E-state index contributed by atoms with van der Waals surface area (Å²) in [4.78, 5) is 16.3. The van der Waals surface area contributed by atoms with Gasteiger partial charge in [0.25, 0.3) is 0 Å². The van der Waals surface area contributed by atoms with E-state index in [1.165, 1.54) is 17.3 Å². The highest BCUT2D eigenvalue weighted by atomic mass is 35.5. The fourth-order valence-corrected chi connectivity index (χ4v) is 7.11. The Morgan fingerprint density at radius 1 is 1.24 bits per heavy atom. The number of anilines is 1. The summed E-state index contributed by atoms with van der Waals surface area (Å²) in [6, 6.07) is 2.35. The monoisotopic (exact) mass is 530 g/mol. The Balaban J connectivity index is 1.31. The van der Waals surface area contributed by atoms with Gasteiger partial charge in [0.1, 0.15) is 0 Å². The second-order valence-corrected chi connectivity index (χ2v) is 11.7. The predicted octanol–water partition coefficient (Wildman–Crippen LogP) is 4.34. The number of halogens is 1. The largest absolute Gasteiger partial charge is 0.348 e. The van der Waals surface area contributed by atoms with Crippen LogP contribution in [-0.4, -0.2) is 60.2 Å². The SMILES string of the molecule is C=CC(=O)N1CC2(CC(n3nc(N4CCc5cnn(C)c5C4)c(-c4c(Cl)c(C)cc5[nH]ncc45)c3C)C2)C1. The predicted molar refractivity (Wildman–Crippen MR) is 147 cm³/mol. The smallest absolute Gasteiger partial charge is 0.245 e. The summed E-state index contributed by atoms with van der Waals surface area (Å²) in [7, 11) is 2.01. The fourth-order valence-electron chi connectivity index (χ4n) is 6.85. The minimum atomic E-state index is 0.0248. The van der Waals surface area contributed by atoms with Crippen LogP contribution in [0.1, 0.15) is 41.4 Å². The van der Waals surface area contributed by atoms with Gasteiger partial charge in [-0.2, -0.15) is 15.3 Å². The quantitative estimate of drug-likeness (QED) is 0.396. The zero-order chi connectivity index (χ0) is 26.3. The normalized spacial score (nSPS) is 18.5. The van der Waals surface area contributed by atoms with E-state index in [0.29, 0.717) is 6.04 Å². The van der Waals surface area contributed by atoms with Gasteiger partial charge >= 0.3 is 0 Å². The molecule has 2 fully saturated rings. The first-order chi connectivity index (χ1) is 18.3. The van der Waals surface area contributed by atoms with E-state index in [2.05, 4.69) is 44.4 Å². The molecule has 9 nitrogen and oxygen atoms in total. The van der Waals surface area contributed by atoms with E-state index in [1.54, 1.807) is 0 Å². The second kappa shape index (κ2) is 8.20. The molecule has 5 heterocycles. The zero-order valence-corrected chi connectivity index (χ0v) is 22.7. The van der Waals surface area contributed by atoms with Crippen molar-refractivity contribution >= 4 is 34.2 Å². The molecule has 1 aromatic carbocycles. The number of aromatic nitrogens is 6. The highest BCUT2D eigenvalue weighted by Crippen LogP contribution is 2.55. The lowest BCUT2D eigenvalue weighted by molar-refractivity contribution is -0.149. The average molecular weight is 531 g/mol. The number of carbonyl (C=O) groups is 1. The molecule has 10 heteroatoms. The molecule has 0 atom stereocenters. The molecule has 1 saturated carbocycles. The van der Waals surface area contributed by atoms with Crippen molar-refractivity contribution in [2.75, 3.05) is 24.5 Å². The highest BCUT2D eigenvalue weighted by molar-refractivity contribution is 6.36. The van der Waals surface area contributed by atoms with E-state index in [1.807, 2.05) is 35.9 Å². The van der Waals surface area contributed by atoms with Crippen LogP contribution < -0.4 is 4.90 Å². The Kier molecular flexibility index (Phi) is 5.08. The maximum atomic E-state index is 12.0. The molecule has 38 heavy (non-hydrogen) atoms. The highest BCUT2D eigenvalue weighted by Gasteiger charge is 2.54. The summed E-state index contributed by atoms with van der Waals surface area (Å²) in [5, 5.41) is 19.0. The molecule has 1 amide bonds. The van der Waals surface area contributed by atoms with Crippen LogP contribution in [0.15, 0.2) is 31.1 Å². The van der Waals surface area contributed by atoms with E-state index in [4.69, 9.17) is 16.7 Å². The van der Waals surface area contributed by atoms with Crippen LogP contribution in [-0.2, 0) is 24.8 Å². The molecule has 1 spiro atoms. The summed E-state index contributed by atoms with van der Waals surface area (Å²) >= 11 is 7.05. The molecular weight excluding hydrogens is 500 g/mol. The molecule has 196 valence electrons. The number of aryl methyl sites for hydroxylation is 2. The van der Waals surface area contributed by atoms with Gasteiger partial charge in [0.05, 0.1) is 41.2 Å². The Labute approximate surface area is 226 Å². The van der Waals surface area contributed by atoms with Crippen molar-refractivity contribution in [3.63, 3.8) is 0 Å². The van der Waals surface area contributed by atoms with Crippen molar-refractivity contribution in [1.82, 2.24) is 34.7 Å².